The van der Waals surface area contributed by atoms with Crippen molar-refractivity contribution >= 4 is 27.3 Å². The van der Waals surface area contributed by atoms with Crippen molar-refractivity contribution in [1.82, 2.24) is 10.2 Å². The van der Waals surface area contributed by atoms with Crippen LogP contribution in [0.5, 0.6) is 0 Å². The molecule has 4 heterocycles. The first-order valence-electron chi connectivity index (χ1n) is 8.83. The van der Waals surface area contributed by atoms with E-state index >= 15 is 0 Å². The molecule has 1 aromatic heterocycles. The summed E-state index contributed by atoms with van der Waals surface area (Å²) in [5.41, 5.74) is 0.862. The molecule has 1 saturated carbocycles. The Balaban J connectivity index is 1.44. The number of nitrogens with one attached hydrogen (secondary N) is 1. The van der Waals surface area contributed by atoms with Gasteiger partial charge in [-0.1, -0.05) is 12.1 Å². The third-order valence-electron chi connectivity index (χ3n) is 6.31. The van der Waals surface area contributed by atoms with Crippen LogP contribution >= 0.6 is 11.3 Å². The van der Waals surface area contributed by atoms with Crippen LogP contribution in [0.25, 0.3) is 10.1 Å². The molecule has 6 rings (SSSR count). The van der Waals surface area contributed by atoms with Gasteiger partial charge >= 0.3 is 0 Å². The van der Waals surface area contributed by atoms with Gasteiger partial charge in [0.1, 0.15) is 5.82 Å². The van der Waals surface area contributed by atoms with Crippen molar-refractivity contribution in [1.29, 1.82) is 0 Å². The predicted molar refractivity (Wildman–Crippen MR) is 94.0 cm³/mol. The Labute approximate surface area is 144 Å². The first-order valence-corrected chi connectivity index (χ1v) is 9.65. The Hall–Kier alpha value is -1.46. The molecule has 1 aromatic carbocycles. The number of nitrogens with zero attached hydrogens (tertiary/aromatic N) is 1. The van der Waals surface area contributed by atoms with Gasteiger partial charge in [0, 0.05) is 5.54 Å². The van der Waals surface area contributed by atoms with E-state index in [4.69, 9.17) is 0 Å². The second-order valence-electron chi connectivity index (χ2n) is 7.60. The first-order chi connectivity index (χ1) is 11.6. The zero-order valence-electron chi connectivity index (χ0n) is 13.8. The quantitative estimate of drug-likeness (QED) is 0.901. The second kappa shape index (κ2) is 5.02. The van der Waals surface area contributed by atoms with Gasteiger partial charge in [-0.05, 0) is 68.6 Å². The molecular formula is C19H21FN2OS. The lowest BCUT2D eigenvalue weighted by atomic mass is 9.77. The zero-order valence-corrected chi connectivity index (χ0v) is 14.6. The highest BCUT2D eigenvalue weighted by Crippen LogP contribution is 2.53. The number of halogens is 1. The summed E-state index contributed by atoms with van der Waals surface area (Å²) in [7, 11) is 0. The lowest BCUT2D eigenvalue weighted by molar-refractivity contribution is -0.00138. The Morgan fingerprint density at radius 1 is 1.33 bits per heavy atom. The topological polar surface area (TPSA) is 32.3 Å². The standard InChI is InChI=1S/C19H21FN2OS/c1-11-2-3-13-10-14(24-16(13)15(11)20)18(23)21-17-12-4-8-22(9-5-12)19(17)6-7-19/h2-3,10,12,17H,4-9H2,1H3,(H,21,23)/t17-/m0/s1. The highest BCUT2D eigenvalue weighted by Gasteiger charge is 2.60. The first kappa shape index (κ1) is 14.8. The summed E-state index contributed by atoms with van der Waals surface area (Å²) in [5.74, 6) is 0.381. The monoisotopic (exact) mass is 344 g/mol. The van der Waals surface area contributed by atoms with E-state index in [2.05, 4.69) is 10.2 Å². The SMILES string of the molecule is Cc1ccc2cc(C(=O)N[C@H]3C4CCN(CC4)C34CC4)sc2c1F. The molecule has 5 heteroatoms. The summed E-state index contributed by atoms with van der Waals surface area (Å²) >= 11 is 1.27. The van der Waals surface area contributed by atoms with E-state index in [1.54, 1.807) is 13.0 Å². The number of amides is 1. The lowest BCUT2D eigenvalue weighted by Gasteiger charge is -2.52. The molecule has 126 valence electrons. The van der Waals surface area contributed by atoms with E-state index in [1.165, 1.54) is 50.1 Å². The van der Waals surface area contributed by atoms with E-state index < -0.39 is 0 Å². The van der Waals surface area contributed by atoms with Gasteiger partial charge < -0.3 is 5.32 Å². The average Bonchev–Trinajstić information content (AvgIpc) is 3.24. The van der Waals surface area contributed by atoms with E-state index in [0.29, 0.717) is 21.1 Å². The maximum absolute atomic E-state index is 14.3. The molecule has 2 aromatic rings. The van der Waals surface area contributed by atoms with Gasteiger partial charge in [0.15, 0.2) is 0 Å². The minimum absolute atomic E-state index is 0.0294. The van der Waals surface area contributed by atoms with Crippen LogP contribution in [0.3, 0.4) is 0 Å². The number of rotatable bonds is 2. The summed E-state index contributed by atoms with van der Waals surface area (Å²) in [6.45, 7) is 4.13. The number of fused-ring (bicyclic) bond motifs is 3. The smallest absolute Gasteiger partial charge is 0.261 e. The molecule has 1 amide bonds. The molecule has 1 spiro atoms. The van der Waals surface area contributed by atoms with Crippen molar-refractivity contribution < 1.29 is 9.18 Å². The van der Waals surface area contributed by atoms with Crippen molar-refractivity contribution in [3.63, 3.8) is 0 Å². The number of carbonyl (C=O) groups is 1. The molecule has 1 aliphatic carbocycles. The normalized spacial score (nSPS) is 30.0. The van der Waals surface area contributed by atoms with Crippen LogP contribution in [0, 0.1) is 18.7 Å². The fraction of sp³-hybridized carbons (Fsp3) is 0.526. The molecule has 0 radical (unpaired) electrons. The average molecular weight is 344 g/mol. The number of piperidine rings is 3. The van der Waals surface area contributed by atoms with Crippen molar-refractivity contribution in [2.45, 2.75) is 44.2 Å². The van der Waals surface area contributed by atoms with Gasteiger partial charge in [0.05, 0.1) is 15.6 Å². The van der Waals surface area contributed by atoms with Gasteiger partial charge in [-0.3, -0.25) is 9.69 Å². The van der Waals surface area contributed by atoms with Crippen LogP contribution in [-0.2, 0) is 0 Å². The molecule has 3 saturated heterocycles. The van der Waals surface area contributed by atoms with Crippen molar-refractivity contribution in [2.75, 3.05) is 13.1 Å². The van der Waals surface area contributed by atoms with E-state index in [0.717, 1.165) is 5.39 Å². The van der Waals surface area contributed by atoms with Crippen LogP contribution in [0.15, 0.2) is 18.2 Å². The minimum atomic E-state index is -0.196. The van der Waals surface area contributed by atoms with Crippen molar-refractivity contribution in [2.24, 2.45) is 5.92 Å². The largest absolute Gasteiger partial charge is 0.346 e. The van der Waals surface area contributed by atoms with Gasteiger partial charge in [-0.25, -0.2) is 4.39 Å². The Kier molecular flexibility index (Phi) is 3.11. The van der Waals surface area contributed by atoms with Crippen LogP contribution < -0.4 is 5.32 Å². The Morgan fingerprint density at radius 3 is 2.79 bits per heavy atom. The summed E-state index contributed by atoms with van der Waals surface area (Å²) in [6, 6.07) is 5.78. The summed E-state index contributed by atoms with van der Waals surface area (Å²) < 4.78 is 14.9. The highest BCUT2D eigenvalue weighted by atomic mass is 32.1. The van der Waals surface area contributed by atoms with Crippen LogP contribution in [-0.4, -0.2) is 35.5 Å². The van der Waals surface area contributed by atoms with Crippen molar-refractivity contribution in [3.8, 4) is 0 Å². The van der Waals surface area contributed by atoms with Crippen molar-refractivity contribution in [3.05, 3.63) is 34.5 Å². The molecule has 2 bridgehead atoms. The molecular weight excluding hydrogens is 323 g/mol. The maximum Gasteiger partial charge on any atom is 0.261 e. The molecule has 0 unspecified atom stereocenters. The summed E-state index contributed by atoms with van der Waals surface area (Å²) in [6.07, 6.45) is 4.78. The summed E-state index contributed by atoms with van der Waals surface area (Å²) in [5, 5.41) is 4.14. The van der Waals surface area contributed by atoms with E-state index in [9.17, 15) is 9.18 Å². The highest BCUT2D eigenvalue weighted by molar-refractivity contribution is 7.20. The predicted octanol–water partition coefficient (Wildman–Crippen LogP) is 3.71. The lowest BCUT2D eigenvalue weighted by Crippen LogP contribution is -2.65. The van der Waals surface area contributed by atoms with Crippen LogP contribution in [0.2, 0.25) is 0 Å². The maximum atomic E-state index is 14.3. The number of thiophene rings is 1. The van der Waals surface area contributed by atoms with E-state index in [1.807, 2.05) is 12.1 Å². The molecule has 24 heavy (non-hydrogen) atoms. The fourth-order valence-electron chi connectivity index (χ4n) is 4.81. The third kappa shape index (κ3) is 2.01. The zero-order chi connectivity index (χ0) is 16.5. The molecule has 1 N–H and O–H groups in total. The summed E-state index contributed by atoms with van der Waals surface area (Å²) in [4.78, 5) is 16.0. The number of hydrogen-bond donors (Lipinski definition) is 1. The van der Waals surface area contributed by atoms with Crippen LogP contribution in [0.4, 0.5) is 4.39 Å². The molecule has 3 nitrogen and oxygen atoms in total. The van der Waals surface area contributed by atoms with Gasteiger partial charge in [-0.2, -0.15) is 0 Å². The fourth-order valence-corrected chi connectivity index (χ4v) is 5.87. The molecule has 3 aliphatic heterocycles. The Bertz CT molecular complexity index is 833. The molecule has 4 aliphatic rings. The Morgan fingerprint density at radius 2 is 2.08 bits per heavy atom. The van der Waals surface area contributed by atoms with Gasteiger partial charge in [-0.15, -0.1) is 11.3 Å². The van der Waals surface area contributed by atoms with Gasteiger partial charge in [0.25, 0.3) is 5.91 Å². The third-order valence-corrected chi connectivity index (χ3v) is 7.45. The van der Waals surface area contributed by atoms with Crippen LogP contribution in [0.1, 0.15) is 40.9 Å². The number of benzene rings is 1. The van der Waals surface area contributed by atoms with Gasteiger partial charge in [0.2, 0.25) is 0 Å². The molecule has 4 fully saturated rings. The minimum Gasteiger partial charge on any atom is -0.346 e. The van der Waals surface area contributed by atoms with E-state index in [-0.39, 0.29) is 23.3 Å². The molecule has 1 atom stereocenters. The number of aryl methyl sites for hydroxylation is 1. The second-order valence-corrected chi connectivity index (χ2v) is 8.66. The number of hydrogen-bond acceptors (Lipinski definition) is 3. The number of carbonyl (C=O) groups excluding carboxylic acids is 1.